The molecule has 4 atom stereocenters. The van der Waals surface area contributed by atoms with Crippen LogP contribution in [0.2, 0.25) is 0 Å². The highest BCUT2D eigenvalue weighted by molar-refractivity contribution is 6.24. The van der Waals surface area contributed by atoms with Gasteiger partial charge < -0.3 is 36.4 Å². The van der Waals surface area contributed by atoms with Crippen LogP contribution < -0.4 is 16.0 Å². The van der Waals surface area contributed by atoms with Crippen LogP contribution in [0.3, 0.4) is 0 Å². The Labute approximate surface area is 244 Å². The molecule has 1 aromatic rings. The van der Waals surface area contributed by atoms with Gasteiger partial charge in [-0.25, -0.2) is 0 Å². The first-order valence-electron chi connectivity index (χ1n) is 13.8. The minimum absolute atomic E-state index is 0.00344. The zero-order valence-electron chi connectivity index (χ0n) is 25.0. The highest BCUT2D eigenvalue weighted by Gasteiger charge is 2.64. The van der Waals surface area contributed by atoms with Crippen LogP contribution in [0.4, 0.5) is 5.69 Å². The fourth-order valence-electron chi connectivity index (χ4n) is 6.66. The van der Waals surface area contributed by atoms with Gasteiger partial charge in [0.2, 0.25) is 11.7 Å². The maximum atomic E-state index is 14.1. The van der Waals surface area contributed by atoms with Crippen LogP contribution in [0, 0.1) is 11.8 Å². The number of benzene rings is 1. The molecule has 0 heterocycles. The maximum Gasteiger partial charge on any atom is 0.255 e. The van der Waals surface area contributed by atoms with Crippen LogP contribution in [0.1, 0.15) is 50.3 Å². The summed E-state index contributed by atoms with van der Waals surface area (Å²) in [5.41, 5.74) is 2.77. The van der Waals surface area contributed by atoms with E-state index in [1.807, 2.05) is 20.8 Å². The molecule has 0 spiro atoms. The number of hydrogen-bond acceptors (Lipinski definition) is 10. The molecule has 1 saturated carbocycles. The van der Waals surface area contributed by atoms with Crippen molar-refractivity contribution >= 4 is 34.8 Å². The van der Waals surface area contributed by atoms with Crippen LogP contribution in [-0.4, -0.2) is 94.1 Å². The number of aromatic hydroxyl groups is 1. The number of phenols is 1. The van der Waals surface area contributed by atoms with Crippen molar-refractivity contribution in [3.05, 3.63) is 39.7 Å². The van der Waals surface area contributed by atoms with E-state index in [0.717, 1.165) is 0 Å². The van der Waals surface area contributed by atoms with Crippen molar-refractivity contribution < 1.29 is 39.6 Å². The number of aliphatic hydroxyl groups is 3. The summed E-state index contributed by atoms with van der Waals surface area (Å²) in [5, 5.41) is 48.6. The number of carbonyl (C=O) groups is 4. The van der Waals surface area contributed by atoms with Gasteiger partial charge in [0, 0.05) is 43.2 Å². The van der Waals surface area contributed by atoms with Gasteiger partial charge in [-0.1, -0.05) is 0 Å². The third kappa shape index (κ3) is 4.82. The Balaban J connectivity index is 1.88. The quantitative estimate of drug-likeness (QED) is 0.261. The average Bonchev–Trinajstić information content (AvgIpc) is 2.84. The van der Waals surface area contributed by atoms with Crippen molar-refractivity contribution in [2.45, 2.75) is 63.6 Å². The molecule has 228 valence electrons. The second-order valence-corrected chi connectivity index (χ2v) is 12.9. The number of Topliss-reactive ketones (excluding diaryl/α,β-unsaturated/α-hetero) is 2. The van der Waals surface area contributed by atoms with E-state index in [9.17, 15) is 39.6 Å². The molecule has 0 saturated heterocycles. The molecule has 2 amide bonds. The lowest BCUT2D eigenvalue weighted by molar-refractivity contribution is -0.153. The average molecular weight is 585 g/mol. The number of primary amides is 1. The number of anilines is 1. The highest BCUT2D eigenvalue weighted by Crippen LogP contribution is 2.54. The zero-order chi connectivity index (χ0) is 31.6. The minimum atomic E-state index is -2.70. The summed E-state index contributed by atoms with van der Waals surface area (Å²) in [4.78, 5) is 55.2. The molecule has 1 fully saturated rings. The molecule has 7 N–H and O–H groups in total. The Hall–Kier alpha value is -3.90. The molecule has 3 aliphatic carbocycles. The van der Waals surface area contributed by atoms with Gasteiger partial charge in [0.05, 0.1) is 11.6 Å². The van der Waals surface area contributed by atoms with Crippen LogP contribution in [0.25, 0.3) is 5.76 Å². The largest absolute Gasteiger partial charge is 0.508 e. The third-order valence-electron chi connectivity index (χ3n) is 8.39. The monoisotopic (exact) mass is 584 g/mol. The zero-order valence-corrected chi connectivity index (χ0v) is 25.0. The number of nitrogens with zero attached hydrogens (tertiary/aromatic N) is 2. The molecule has 42 heavy (non-hydrogen) atoms. The minimum Gasteiger partial charge on any atom is -0.508 e. The van der Waals surface area contributed by atoms with Crippen LogP contribution in [0.5, 0.6) is 5.75 Å². The Morgan fingerprint density at radius 2 is 1.74 bits per heavy atom. The van der Waals surface area contributed by atoms with Crippen LogP contribution >= 0.6 is 0 Å². The Kier molecular flexibility index (Phi) is 7.71. The summed E-state index contributed by atoms with van der Waals surface area (Å²) in [6.45, 7) is 5.57. The van der Waals surface area contributed by atoms with Crippen LogP contribution in [-0.2, 0) is 32.0 Å². The normalized spacial score (nSPS) is 25.7. The first-order chi connectivity index (χ1) is 19.3. The second-order valence-electron chi connectivity index (χ2n) is 12.9. The SMILES string of the molecule is CN(C)c1cc(CCC(=O)NC(C)(C)C)c(O)c2c1C[C@H]1C[C@H]3[C@H](N(C)C)C(=O)C(C(N)=O)=C(O)[C@@]3(O)C(=O)C1=C2O. The fourth-order valence-corrected chi connectivity index (χ4v) is 6.66. The number of aryl methyl sites for hydroxylation is 1. The summed E-state index contributed by atoms with van der Waals surface area (Å²) < 4.78 is 0. The number of fused-ring (bicyclic) bond motifs is 3. The molecular weight excluding hydrogens is 544 g/mol. The van der Waals surface area contributed by atoms with Crippen molar-refractivity contribution in [2.24, 2.45) is 17.6 Å². The molecule has 0 aromatic heterocycles. The smallest absolute Gasteiger partial charge is 0.255 e. The summed E-state index contributed by atoms with van der Waals surface area (Å²) in [5.74, 6) is -7.18. The number of likely N-dealkylation sites (N-methyl/N-ethyl adjacent to an activating group) is 1. The molecule has 4 rings (SSSR count). The van der Waals surface area contributed by atoms with Gasteiger partial charge in [-0.2, -0.15) is 0 Å². The molecular formula is C30H40N4O8. The predicted molar refractivity (Wildman–Crippen MR) is 155 cm³/mol. The lowest BCUT2D eigenvalue weighted by Crippen LogP contribution is -2.65. The number of rotatable bonds is 6. The molecule has 12 heteroatoms. The lowest BCUT2D eigenvalue weighted by Gasteiger charge is -2.50. The van der Waals surface area contributed by atoms with Gasteiger partial charge in [0.15, 0.2) is 11.4 Å². The van der Waals surface area contributed by atoms with E-state index in [4.69, 9.17) is 5.73 Å². The third-order valence-corrected chi connectivity index (χ3v) is 8.39. The lowest BCUT2D eigenvalue weighted by atomic mass is 9.57. The van der Waals surface area contributed by atoms with E-state index >= 15 is 0 Å². The maximum absolute atomic E-state index is 14.1. The predicted octanol–water partition coefficient (Wildman–Crippen LogP) is 0.877. The Morgan fingerprint density at radius 3 is 2.26 bits per heavy atom. The van der Waals surface area contributed by atoms with Gasteiger partial charge >= 0.3 is 0 Å². The number of ketones is 2. The molecule has 0 bridgehead atoms. The van der Waals surface area contributed by atoms with E-state index in [1.165, 1.54) is 4.90 Å². The number of phenolic OH excluding ortho intramolecular Hbond substituents is 1. The number of carbonyl (C=O) groups excluding carboxylic acids is 4. The van der Waals surface area contributed by atoms with Gasteiger partial charge in [0.25, 0.3) is 5.91 Å². The first-order valence-corrected chi connectivity index (χ1v) is 13.8. The highest BCUT2D eigenvalue weighted by atomic mass is 16.3. The molecule has 0 radical (unpaired) electrons. The van der Waals surface area contributed by atoms with Gasteiger partial charge in [0.1, 0.15) is 22.8 Å². The molecule has 1 aromatic carbocycles. The number of hydrogen-bond donors (Lipinski definition) is 6. The molecule has 0 aliphatic heterocycles. The van der Waals surface area contributed by atoms with Crippen molar-refractivity contribution in [2.75, 3.05) is 33.1 Å². The summed E-state index contributed by atoms with van der Waals surface area (Å²) in [6, 6.07) is 0.601. The van der Waals surface area contributed by atoms with Crippen molar-refractivity contribution in [3.8, 4) is 5.75 Å². The fraction of sp³-hybridized carbons (Fsp3) is 0.533. The van der Waals surface area contributed by atoms with Gasteiger partial charge in [-0.3, -0.25) is 24.1 Å². The number of amides is 2. The number of nitrogens with one attached hydrogen (secondary N) is 1. The van der Waals surface area contributed by atoms with E-state index in [1.54, 1.807) is 39.2 Å². The number of nitrogens with two attached hydrogens (primary N) is 1. The van der Waals surface area contributed by atoms with Gasteiger partial charge in [-0.15, -0.1) is 0 Å². The molecule has 12 nitrogen and oxygen atoms in total. The van der Waals surface area contributed by atoms with Crippen LogP contribution in [0.15, 0.2) is 23.0 Å². The molecule has 3 aliphatic rings. The number of aliphatic hydroxyl groups excluding tert-OH is 2. The standard InChI is InChI=1S/C30H40N4O8/c1-29(2,3)32-18(35)9-8-13-12-17(33(4)5)15-10-14-11-16-22(34(6)7)25(38)21(28(31)41)27(40)30(16,42)26(39)19(14)24(37)20(15)23(13)36/h12,14,16,22,36-37,40,42H,8-11H2,1-7H3,(H2,31,41)(H,32,35)/t14-,16-,22-,30-/m0/s1. The Bertz CT molecular complexity index is 1450. The summed E-state index contributed by atoms with van der Waals surface area (Å²) in [7, 11) is 6.69. The van der Waals surface area contributed by atoms with Crippen molar-refractivity contribution in [1.29, 1.82) is 0 Å². The van der Waals surface area contributed by atoms with E-state index < -0.39 is 63.6 Å². The van der Waals surface area contributed by atoms with E-state index in [-0.39, 0.29) is 48.5 Å². The Morgan fingerprint density at radius 1 is 1.12 bits per heavy atom. The summed E-state index contributed by atoms with van der Waals surface area (Å²) >= 11 is 0. The van der Waals surface area contributed by atoms with E-state index in [2.05, 4.69) is 5.32 Å². The topological polar surface area (TPSA) is 194 Å². The van der Waals surface area contributed by atoms with Crippen molar-refractivity contribution in [1.82, 2.24) is 10.2 Å². The second kappa shape index (κ2) is 10.4. The first kappa shape index (κ1) is 31.0. The summed E-state index contributed by atoms with van der Waals surface area (Å²) in [6.07, 6.45) is 0.395. The molecule has 0 unspecified atom stereocenters. The van der Waals surface area contributed by atoms with Gasteiger partial charge in [-0.05, 0) is 77.2 Å². The van der Waals surface area contributed by atoms with E-state index in [0.29, 0.717) is 16.8 Å². The van der Waals surface area contributed by atoms with Crippen molar-refractivity contribution in [3.63, 3.8) is 0 Å².